The van der Waals surface area contributed by atoms with Gasteiger partial charge in [-0.1, -0.05) is 70.4 Å². The first-order valence-corrected chi connectivity index (χ1v) is 8.64. The van der Waals surface area contributed by atoms with Crippen molar-refractivity contribution in [2.75, 3.05) is 0 Å². The summed E-state index contributed by atoms with van der Waals surface area (Å²) in [6.45, 7) is 2.25. The van der Waals surface area contributed by atoms with E-state index in [-0.39, 0.29) is 37.7 Å². The van der Waals surface area contributed by atoms with Crippen molar-refractivity contribution in [3.8, 4) is 0 Å². The van der Waals surface area contributed by atoms with Crippen molar-refractivity contribution < 1.29 is 9.90 Å². The van der Waals surface area contributed by atoms with E-state index in [0.717, 1.165) is 12.8 Å². The topological polar surface area (TPSA) is 37.3 Å². The molecule has 0 bridgehead atoms. The van der Waals surface area contributed by atoms with Gasteiger partial charge in [0.25, 0.3) is 0 Å². The molecular formula is C18H36CaO2. The predicted octanol–water partition coefficient (Wildman–Crippen LogP) is 5.19. The summed E-state index contributed by atoms with van der Waals surface area (Å²) in [5.74, 6) is -0.661. The molecule has 0 aromatic carbocycles. The van der Waals surface area contributed by atoms with Gasteiger partial charge in [0.2, 0.25) is 0 Å². The molecule has 0 heterocycles. The van der Waals surface area contributed by atoms with Gasteiger partial charge in [0.15, 0.2) is 0 Å². The number of carboxylic acid groups (broad SMARTS) is 1. The Labute approximate surface area is 161 Å². The summed E-state index contributed by atoms with van der Waals surface area (Å²) in [6.07, 6.45) is 21.2. The SMILES string of the molecule is CCCCCCC=CCCCCCCCCCC(=O)O.[CaH2]. The van der Waals surface area contributed by atoms with Gasteiger partial charge >= 0.3 is 43.7 Å². The number of rotatable bonds is 15. The molecule has 0 saturated heterocycles. The standard InChI is InChI=1S/C18H34O2.Ca.2H/c1-2-3-4-5-6-7-8-9-10-11-12-13-14-15-16-17-18(19)20;;;/h7-8H,2-6,9-17H2,1H3,(H,19,20);;;. The van der Waals surface area contributed by atoms with Crippen molar-refractivity contribution >= 4 is 43.7 Å². The third-order valence-electron chi connectivity index (χ3n) is 3.65. The average Bonchev–Trinajstić information content (AvgIpc) is 2.43. The number of carboxylic acids is 1. The van der Waals surface area contributed by atoms with Crippen molar-refractivity contribution in [3.05, 3.63) is 12.2 Å². The zero-order valence-corrected chi connectivity index (χ0v) is 13.4. The van der Waals surface area contributed by atoms with Crippen LogP contribution in [0.4, 0.5) is 0 Å². The van der Waals surface area contributed by atoms with Crippen LogP contribution in [-0.4, -0.2) is 48.8 Å². The molecule has 0 fully saturated rings. The maximum atomic E-state index is 10.3. The predicted molar refractivity (Wildman–Crippen MR) is 95.6 cm³/mol. The normalized spacial score (nSPS) is 10.7. The van der Waals surface area contributed by atoms with E-state index in [1.807, 2.05) is 0 Å². The summed E-state index contributed by atoms with van der Waals surface area (Å²) in [4.78, 5) is 10.3. The number of aliphatic carboxylic acids is 1. The Hall–Kier alpha value is 0.470. The Morgan fingerprint density at radius 3 is 1.67 bits per heavy atom. The minimum absolute atomic E-state index is 0. The molecule has 0 aromatic rings. The van der Waals surface area contributed by atoms with Gasteiger partial charge in [0.1, 0.15) is 0 Å². The van der Waals surface area contributed by atoms with Crippen molar-refractivity contribution in [3.63, 3.8) is 0 Å². The first-order chi connectivity index (χ1) is 9.77. The van der Waals surface area contributed by atoms with Gasteiger partial charge in [0, 0.05) is 6.42 Å². The van der Waals surface area contributed by atoms with Crippen molar-refractivity contribution in [1.82, 2.24) is 0 Å². The molecule has 0 atom stereocenters. The van der Waals surface area contributed by atoms with Gasteiger partial charge in [-0.3, -0.25) is 4.79 Å². The second-order valence-electron chi connectivity index (χ2n) is 5.73. The van der Waals surface area contributed by atoms with Crippen LogP contribution < -0.4 is 0 Å². The van der Waals surface area contributed by atoms with E-state index in [4.69, 9.17) is 5.11 Å². The van der Waals surface area contributed by atoms with Crippen LogP contribution >= 0.6 is 0 Å². The molecule has 122 valence electrons. The molecule has 0 aromatic heterocycles. The monoisotopic (exact) mass is 324 g/mol. The van der Waals surface area contributed by atoms with Crippen molar-refractivity contribution in [2.24, 2.45) is 0 Å². The average molecular weight is 325 g/mol. The molecule has 0 radical (unpaired) electrons. The molecule has 0 aliphatic carbocycles. The van der Waals surface area contributed by atoms with Crippen molar-refractivity contribution in [1.29, 1.82) is 0 Å². The Morgan fingerprint density at radius 1 is 0.762 bits per heavy atom. The fourth-order valence-electron chi connectivity index (χ4n) is 2.35. The van der Waals surface area contributed by atoms with Gasteiger partial charge in [-0.2, -0.15) is 0 Å². The molecule has 0 rings (SSSR count). The van der Waals surface area contributed by atoms with E-state index < -0.39 is 5.97 Å². The Balaban J connectivity index is 0. The minimum atomic E-state index is -0.661. The molecule has 3 heteroatoms. The zero-order chi connectivity index (χ0) is 14.9. The number of carbonyl (C=O) groups is 1. The Kier molecular flexibility index (Phi) is 23.1. The van der Waals surface area contributed by atoms with E-state index in [0.29, 0.717) is 6.42 Å². The quantitative estimate of drug-likeness (QED) is 0.256. The molecule has 0 aliphatic rings. The molecule has 0 amide bonds. The molecular weight excluding hydrogens is 288 g/mol. The molecule has 0 saturated carbocycles. The molecule has 1 N–H and O–H groups in total. The van der Waals surface area contributed by atoms with Crippen molar-refractivity contribution in [2.45, 2.75) is 96.8 Å². The van der Waals surface area contributed by atoms with Gasteiger partial charge < -0.3 is 5.11 Å². The van der Waals surface area contributed by atoms with Gasteiger partial charge in [-0.25, -0.2) is 0 Å². The molecule has 0 unspecified atom stereocenters. The molecule has 0 spiro atoms. The van der Waals surface area contributed by atoms with Crippen LogP contribution in [0.25, 0.3) is 0 Å². The van der Waals surface area contributed by atoms with Crippen LogP contribution in [0.15, 0.2) is 12.2 Å². The van der Waals surface area contributed by atoms with Gasteiger partial charge in [-0.15, -0.1) is 0 Å². The summed E-state index contributed by atoms with van der Waals surface area (Å²) >= 11 is 0. The molecule has 2 nitrogen and oxygen atoms in total. The number of unbranched alkanes of at least 4 members (excludes halogenated alkanes) is 11. The summed E-state index contributed by atoms with van der Waals surface area (Å²) in [7, 11) is 0. The van der Waals surface area contributed by atoms with E-state index >= 15 is 0 Å². The van der Waals surface area contributed by atoms with E-state index in [1.54, 1.807) is 0 Å². The summed E-state index contributed by atoms with van der Waals surface area (Å²) in [6, 6.07) is 0. The second kappa shape index (κ2) is 20.5. The third-order valence-corrected chi connectivity index (χ3v) is 3.65. The number of hydrogen-bond acceptors (Lipinski definition) is 1. The first kappa shape index (κ1) is 23.7. The van der Waals surface area contributed by atoms with Crippen LogP contribution in [0.5, 0.6) is 0 Å². The third kappa shape index (κ3) is 22.9. The van der Waals surface area contributed by atoms with Crippen LogP contribution in [0, 0.1) is 0 Å². The maximum absolute atomic E-state index is 10.3. The second-order valence-corrected chi connectivity index (χ2v) is 5.73. The van der Waals surface area contributed by atoms with Gasteiger partial charge in [-0.05, 0) is 32.1 Å². The van der Waals surface area contributed by atoms with Crippen LogP contribution in [0.3, 0.4) is 0 Å². The molecule has 0 aliphatic heterocycles. The molecule has 21 heavy (non-hydrogen) atoms. The summed E-state index contributed by atoms with van der Waals surface area (Å²) < 4.78 is 0. The van der Waals surface area contributed by atoms with Crippen LogP contribution in [-0.2, 0) is 4.79 Å². The Bertz CT molecular complexity index is 239. The number of allylic oxidation sites excluding steroid dienone is 2. The van der Waals surface area contributed by atoms with E-state index in [9.17, 15) is 4.79 Å². The van der Waals surface area contributed by atoms with Crippen LogP contribution in [0.2, 0.25) is 0 Å². The fourth-order valence-corrected chi connectivity index (χ4v) is 2.35. The number of hydrogen-bond donors (Lipinski definition) is 1. The summed E-state index contributed by atoms with van der Waals surface area (Å²) in [5.41, 5.74) is 0. The Morgan fingerprint density at radius 2 is 1.19 bits per heavy atom. The first-order valence-electron chi connectivity index (χ1n) is 8.64. The zero-order valence-electron chi connectivity index (χ0n) is 13.4. The van der Waals surface area contributed by atoms with E-state index in [1.165, 1.54) is 70.6 Å². The van der Waals surface area contributed by atoms with Crippen LogP contribution in [0.1, 0.15) is 96.8 Å². The fraction of sp³-hybridized carbons (Fsp3) is 0.833. The van der Waals surface area contributed by atoms with E-state index in [2.05, 4.69) is 19.1 Å². The van der Waals surface area contributed by atoms with Gasteiger partial charge in [0.05, 0.1) is 0 Å². The summed E-state index contributed by atoms with van der Waals surface area (Å²) in [5, 5.41) is 8.51.